The summed E-state index contributed by atoms with van der Waals surface area (Å²) in [6.45, 7) is 1.51. The van der Waals surface area contributed by atoms with Crippen molar-refractivity contribution in [1.82, 2.24) is 15.2 Å². The molecule has 1 saturated heterocycles. The lowest BCUT2D eigenvalue weighted by Gasteiger charge is -2.35. The van der Waals surface area contributed by atoms with Crippen LogP contribution in [0.3, 0.4) is 0 Å². The van der Waals surface area contributed by atoms with Crippen molar-refractivity contribution in [2.24, 2.45) is 5.92 Å². The number of amides is 2. The van der Waals surface area contributed by atoms with Gasteiger partial charge in [0.05, 0.1) is 5.56 Å². The predicted molar refractivity (Wildman–Crippen MR) is 87.9 cm³/mol. The predicted octanol–water partition coefficient (Wildman–Crippen LogP) is 2.38. The largest absolute Gasteiger partial charge is 0.349 e. The number of carbonyl (C=O) groups excluding carboxylic acids is 2. The van der Waals surface area contributed by atoms with E-state index in [1.54, 1.807) is 24.5 Å². The van der Waals surface area contributed by atoms with Crippen LogP contribution in [0.5, 0.6) is 0 Å². The van der Waals surface area contributed by atoms with E-state index in [1.807, 2.05) is 4.90 Å². The van der Waals surface area contributed by atoms with E-state index >= 15 is 0 Å². The summed E-state index contributed by atoms with van der Waals surface area (Å²) in [6, 6.07) is 3.68. The van der Waals surface area contributed by atoms with Crippen LogP contribution in [-0.2, 0) is 4.79 Å². The minimum Gasteiger partial charge on any atom is -0.349 e. The summed E-state index contributed by atoms with van der Waals surface area (Å²) in [6.07, 6.45) is 10.7. The van der Waals surface area contributed by atoms with Gasteiger partial charge in [0.25, 0.3) is 5.91 Å². The Morgan fingerprint density at radius 3 is 2.48 bits per heavy atom. The number of hydrogen-bond donors (Lipinski definition) is 1. The molecule has 0 atom stereocenters. The van der Waals surface area contributed by atoms with Crippen LogP contribution in [-0.4, -0.2) is 40.8 Å². The van der Waals surface area contributed by atoms with Crippen molar-refractivity contribution in [3.05, 3.63) is 30.1 Å². The molecule has 3 rings (SSSR count). The van der Waals surface area contributed by atoms with Gasteiger partial charge in [-0.2, -0.15) is 0 Å². The lowest BCUT2D eigenvalue weighted by atomic mass is 9.87. The van der Waals surface area contributed by atoms with Crippen molar-refractivity contribution in [1.29, 1.82) is 0 Å². The molecule has 2 fully saturated rings. The van der Waals surface area contributed by atoms with E-state index in [1.165, 1.54) is 19.3 Å². The van der Waals surface area contributed by atoms with Gasteiger partial charge in [-0.25, -0.2) is 0 Å². The summed E-state index contributed by atoms with van der Waals surface area (Å²) in [5.74, 6) is 0.502. The Kier molecular flexibility index (Phi) is 5.26. The number of rotatable bonds is 3. The fourth-order valence-electron chi connectivity index (χ4n) is 3.62. The van der Waals surface area contributed by atoms with Crippen LogP contribution in [0.1, 0.15) is 55.3 Å². The second-order valence-corrected chi connectivity index (χ2v) is 6.65. The monoisotopic (exact) mass is 315 g/mol. The molecule has 1 aliphatic carbocycles. The topological polar surface area (TPSA) is 62.3 Å². The molecule has 0 radical (unpaired) electrons. The van der Waals surface area contributed by atoms with Gasteiger partial charge in [-0.3, -0.25) is 14.6 Å². The standard InChI is InChI=1S/C18H25N3O2/c22-17(15-7-4-10-19-13-15)20-16-8-11-21(12-9-16)18(23)14-5-2-1-3-6-14/h4,7,10,13-14,16H,1-3,5-6,8-9,11-12H2,(H,20,22). The number of piperidine rings is 1. The lowest BCUT2D eigenvalue weighted by Crippen LogP contribution is -2.48. The van der Waals surface area contributed by atoms with Crippen LogP contribution in [0.25, 0.3) is 0 Å². The molecule has 0 unspecified atom stereocenters. The van der Waals surface area contributed by atoms with E-state index in [-0.39, 0.29) is 17.9 Å². The molecule has 1 saturated carbocycles. The Hall–Kier alpha value is -1.91. The van der Waals surface area contributed by atoms with Gasteiger partial charge in [-0.15, -0.1) is 0 Å². The minimum atomic E-state index is -0.0739. The number of carbonyl (C=O) groups is 2. The fourth-order valence-corrected chi connectivity index (χ4v) is 3.62. The van der Waals surface area contributed by atoms with Crippen LogP contribution in [0.15, 0.2) is 24.5 Å². The first-order valence-electron chi connectivity index (χ1n) is 8.74. The Morgan fingerprint density at radius 1 is 1.09 bits per heavy atom. The molecule has 0 bridgehead atoms. The van der Waals surface area contributed by atoms with Crippen LogP contribution in [0, 0.1) is 5.92 Å². The van der Waals surface area contributed by atoms with Crippen LogP contribution < -0.4 is 5.32 Å². The van der Waals surface area contributed by atoms with Crippen molar-refractivity contribution in [3.8, 4) is 0 Å². The first-order chi connectivity index (χ1) is 11.2. The molecular formula is C18H25N3O2. The summed E-state index contributed by atoms with van der Waals surface area (Å²) >= 11 is 0. The van der Waals surface area contributed by atoms with E-state index in [0.717, 1.165) is 38.8 Å². The maximum atomic E-state index is 12.5. The number of nitrogens with zero attached hydrogens (tertiary/aromatic N) is 2. The third kappa shape index (κ3) is 4.09. The van der Waals surface area contributed by atoms with Crippen molar-refractivity contribution >= 4 is 11.8 Å². The smallest absolute Gasteiger partial charge is 0.253 e. The van der Waals surface area contributed by atoms with Gasteiger partial charge >= 0.3 is 0 Å². The maximum absolute atomic E-state index is 12.5. The van der Waals surface area contributed by atoms with Gasteiger partial charge in [0, 0.05) is 37.4 Å². The highest BCUT2D eigenvalue weighted by atomic mass is 16.2. The Balaban J connectivity index is 1.46. The molecule has 2 heterocycles. The number of likely N-dealkylation sites (tertiary alicyclic amines) is 1. The van der Waals surface area contributed by atoms with Gasteiger partial charge in [0.15, 0.2) is 0 Å². The summed E-state index contributed by atoms with van der Waals surface area (Å²) in [7, 11) is 0. The maximum Gasteiger partial charge on any atom is 0.253 e. The van der Waals surface area contributed by atoms with E-state index in [9.17, 15) is 9.59 Å². The van der Waals surface area contributed by atoms with Gasteiger partial charge < -0.3 is 10.2 Å². The SMILES string of the molecule is O=C(NC1CCN(C(=O)C2CCCCC2)CC1)c1cccnc1. The summed E-state index contributed by atoms with van der Waals surface area (Å²) in [5.41, 5.74) is 0.591. The zero-order chi connectivity index (χ0) is 16.1. The number of aromatic nitrogens is 1. The third-order valence-electron chi connectivity index (χ3n) is 5.02. The van der Waals surface area contributed by atoms with Crippen LogP contribution in [0.2, 0.25) is 0 Å². The van der Waals surface area contributed by atoms with Crippen molar-refractivity contribution in [3.63, 3.8) is 0 Å². The second-order valence-electron chi connectivity index (χ2n) is 6.65. The van der Waals surface area contributed by atoms with Crippen molar-refractivity contribution < 1.29 is 9.59 Å². The van der Waals surface area contributed by atoms with Crippen LogP contribution in [0.4, 0.5) is 0 Å². The highest BCUT2D eigenvalue weighted by Crippen LogP contribution is 2.26. The number of hydrogen-bond acceptors (Lipinski definition) is 3. The summed E-state index contributed by atoms with van der Waals surface area (Å²) < 4.78 is 0. The molecule has 0 aromatic carbocycles. The highest BCUT2D eigenvalue weighted by molar-refractivity contribution is 5.94. The zero-order valence-corrected chi connectivity index (χ0v) is 13.5. The molecule has 5 heteroatoms. The molecule has 1 aromatic rings. The quantitative estimate of drug-likeness (QED) is 0.931. The molecule has 5 nitrogen and oxygen atoms in total. The molecule has 124 valence electrons. The third-order valence-corrected chi connectivity index (χ3v) is 5.02. The van der Waals surface area contributed by atoms with Crippen molar-refractivity contribution in [2.45, 2.75) is 51.0 Å². The Labute approximate surface area is 137 Å². The first-order valence-corrected chi connectivity index (χ1v) is 8.74. The first kappa shape index (κ1) is 16.0. The Morgan fingerprint density at radius 2 is 1.83 bits per heavy atom. The fraction of sp³-hybridized carbons (Fsp3) is 0.611. The van der Waals surface area contributed by atoms with E-state index in [0.29, 0.717) is 11.5 Å². The molecule has 1 aromatic heterocycles. The summed E-state index contributed by atoms with van der Waals surface area (Å²) in [5, 5.41) is 3.06. The normalized spacial score (nSPS) is 20.3. The van der Waals surface area contributed by atoms with Gasteiger partial charge in [0.1, 0.15) is 0 Å². The second kappa shape index (κ2) is 7.57. The Bertz CT molecular complexity index is 532. The summed E-state index contributed by atoms with van der Waals surface area (Å²) in [4.78, 5) is 30.7. The average Bonchev–Trinajstić information content (AvgIpc) is 2.63. The molecular weight excluding hydrogens is 290 g/mol. The van der Waals surface area contributed by atoms with E-state index in [4.69, 9.17) is 0 Å². The lowest BCUT2D eigenvalue weighted by molar-refractivity contribution is -0.137. The van der Waals surface area contributed by atoms with Crippen LogP contribution >= 0.6 is 0 Å². The van der Waals surface area contributed by atoms with Gasteiger partial charge in [-0.05, 0) is 37.8 Å². The average molecular weight is 315 g/mol. The molecule has 0 spiro atoms. The van der Waals surface area contributed by atoms with Gasteiger partial charge in [0.2, 0.25) is 5.91 Å². The minimum absolute atomic E-state index is 0.0739. The molecule has 1 N–H and O–H groups in total. The zero-order valence-electron chi connectivity index (χ0n) is 13.5. The van der Waals surface area contributed by atoms with E-state index in [2.05, 4.69) is 10.3 Å². The van der Waals surface area contributed by atoms with Crippen molar-refractivity contribution in [2.75, 3.05) is 13.1 Å². The molecule has 2 amide bonds. The molecule has 2 aliphatic rings. The molecule has 1 aliphatic heterocycles. The number of nitrogens with one attached hydrogen (secondary N) is 1. The molecule has 23 heavy (non-hydrogen) atoms. The highest BCUT2D eigenvalue weighted by Gasteiger charge is 2.29. The number of pyridine rings is 1. The van der Waals surface area contributed by atoms with Gasteiger partial charge in [-0.1, -0.05) is 19.3 Å². The van der Waals surface area contributed by atoms with E-state index < -0.39 is 0 Å².